The van der Waals surface area contributed by atoms with Gasteiger partial charge in [0.1, 0.15) is 17.4 Å². The Bertz CT molecular complexity index is 1210. The second kappa shape index (κ2) is 10.2. The number of sulfonamides is 1. The molecule has 0 saturated heterocycles. The highest BCUT2D eigenvalue weighted by Gasteiger charge is 2.41. The van der Waals surface area contributed by atoms with Crippen molar-refractivity contribution in [2.45, 2.75) is 71.1 Å². The van der Waals surface area contributed by atoms with E-state index in [1.165, 1.54) is 18.2 Å². The highest BCUT2D eigenvalue weighted by molar-refractivity contribution is 7.92. The number of non-ortho nitro benzene ring substituents is 1. The lowest BCUT2D eigenvalue weighted by atomic mass is 9.83. The number of amides is 1. The lowest BCUT2D eigenvalue weighted by molar-refractivity contribution is -0.384. The summed E-state index contributed by atoms with van der Waals surface area (Å²) >= 11 is 0. The number of fused-ring (bicyclic) bond motifs is 1. The molecule has 1 aliphatic rings. The molecule has 2 aromatic rings. The molecule has 1 amide bonds. The molecule has 1 heterocycles. The number of aryl methyl sites for hydroxylation is 1. The minimum Gasteiger partial charge on any atom is -0.487 e. The van der Waals surface area contributed by atoms with Gasteiger partial charge >= 0.3 is 0 Å². The summed E-state index contributed by atoms with van der Waals surface area (Å²) < 4.78 is 33.1. The third-order valence-corrected chi connectivity index (χ3v) is 7.94. The number of carbonyl (C=O) groups is 1. The fourth-order valence-electron chi connectivity index (χ4n) is 4.68. The van der Waals surface area contributed by atoms with Crippen molar-refractivity contribution in [2.24, 2.45) is 0 Å². The second-order valence-electron chi connectivity index (χ2n) is 9.01. The molecular formula is C25H33N3O6S. The molecule has 1 N–H and O–H groups in total. The van der Waals surface area contributed by atoms with Crippen molar-refractivity contribution >= 4 is 27.3 Å². The van der Waals surface area contributed by atoms with Gasteiger partial charge in [0.15, 0.2) is 0 Å². The van der Waals surface area contributed by atoms with Crippen LogP contribution in [-0.2, 0) is 14.8 Å². The van der Waals surface area contributed by atoms with Crippen molar-refractivity contribution in [1.29, 1.82) is 0 Å². The maximum absolute atomic E-state index is 13.6. The van der Waals surface area contributed by atoms with E-state index in [2.05, 4.69) is 5.32 Å². The Hall–Kier alpha value is -3.14. The van der Waals surface area contributed by atoms with E-state index in [0.29, 0.717) is 17.7 Å². The number of hydrogen-bond acceptors (Lipinski definition) is 6. The summed E-state index contributed by atoms with van der Waals surface area (Å²) in [6.45, 7) is 7.46. The molecule has 190 valence electrons. The van der Waals surface area contributed by atoms with Crippen molar-refractivity contribution in [3.63, 3.8) is 0 Å². The van der Waals surface area contributed by atoms with Crippen LogP contribution in [0.4, 0.5) is 11.4 Å². The zero-order valence-corrected chi connectivity index (χ0v) is 21.6. The first-order valence-electron chi connectivity index (χ1n) is 11.8. The summed E-state index contributed by atoms with van der Waals surface area (Å²) in [5, 5.41) is 14.4. The summed E-state index contributed by atoms with van der Waals surface area (Å²) in [6.07, 6.45) is 3.24. The van der Waals surface area contributed by atoms with Crippen LogP contribution in [0.25, 0.3) is 0 Å². The third-order valence-electron chi connectivity index (χ3n) is 6.77. The van der Waals surface area contributed by atoms with Gasteiger partial charge in [-0.1, -0.05) is 45.0 Å². The number of ether oxygens (including phenoxy) is 1. The quantitative estimate of drug-likeness (QED) is 0.393. The van der Waals surface area contributed by atoms with Gasteiger partial charge in [-0.2, -0.15) is 0 Å². The van der Waals surface area contributed by atoms with Crippen molar-refractivity contribution < 1.29 is 22.9 Å². The highest BCUT2D eigenvalue weighted by Crippen LogP contribution is 2.43. The fraction of sp³-hybridized carbons (Fsp3) is 0.480. The normalized spacial score (nSPS) is 17.6. The molecule has 1 aliphatic heterocycles. The van der Waals surface area contributed by atoms with Gasteiger partial charge in [-0.3, -0.25) is 19.2 Å². The van der Waals surface area contributed by atoms with Crippen molar-refractivity contribution in [2.75, 3.05) is 10.6 Å². The van der Waals surface area contributed by atoms with Crippen LogP contribution in [0.3, 0.4) is 0 Å². The number of para-hydroxylation sites is 1. The maximum atomic E-state index is 13.6. The van der Waals surface area contributed by atoms with E-state index in [1.807, 2.05) is 38.1 Å². The monoisotopic (exact) mass is 503 g/mol. The van der Waals surface area contributed by atoms with Crippen LogP contribution in [0, 0.1) is 17.0 Å². The zero-order valence-electron chi connectivity index (χ0n) is 20.8. The second-order valence-corrected chi connectivity index (χ2v) is 10.9. The first-order valence-corrected chi connectivity index (χ1v) is 13.6. The van der Waals surface area contributed by atoms with Gasteiger partial charge in [-0.15, -0.1) is 0 Å². The van der Waals surface area contributed by atoms with Crippen LogP contribution in [0.15, 0.2) is 42.5 Å². The van der Waals surface area contributed by atoms with Crippen LogP contribution >= 0.6 is 0 Å². The van der Waals surface area contributed by atoms with Crippen LogP contribution in [0.2, 0.25) is 0 Å². The predicted octanol–water partition coefficient (Wildman–Crippen LogP) is 4.65. The Balaban J connectivity index is 2.02. The van der Waals surface area contributed by atoms with E-state index in [1.54, 1.807) is 13.8 Å². The Morgan fingerprint density at radius 3 is 2.46 bits per heavy atom. The lowest BCUT2D eigenvalue weighted by Crippen LogP contribution is -2.52. The molecule has 0 unspecified atom stereocenters. The lowest BCUT2D eigenvalue weighted by Gasteiger charge is -2.42. The Morgan fingerprint density at radius 1 is 1.23 bits per heavy atom. The topological polar surface area (TPSA) is 119 Å². The smallest absolute Gasteiger partial charge is 0.271 e. The predicted molar refractivity (Wildman–Crippen MR) is 135 cm³/mol. The number of nitrogens with one attached hydrogen (secondary N) is 1. The Kier molecular flexibility index (Phi) is 7.74. The molecule has 2 aromatic carbocycles. The number of rotatable bonds is 9. The first kappa shape index (κ1) is 26.5. The molecule has 2 atom stereocenters. The van der Waals surface area contributed by atoms with Crippen LogP contribution in [0.1, 0.15) is 63.6 Å². The number of nitro groups is 1. The van der Waals surface area contributed by atoms with Gasteiger partial charge in [-0.05, 0) is 37.8 Å². The number of nitro benzene ring substituents is 1. The van der Waals surface area contributed by atoms with Gasteiger partial charge in [0, 0.05) is 24.1 Å². The Labute approximate surface area is 206 Å². The van der Waals surface area contributed by atoms with Gasteiger partial charge < -0.3 is 10.1 Å². The standard InChI is InChI=1S/C25H33N3O6S/c1-6-21(27(35(5,32)33)22-15-18(28(30)31)14-13-17(22)4)24(29)26-20-16-25(7-2,8-3)34-23-12-10-9-11-19(20)23/h9-15,20-21H,6-8,16H2,1-5H3,(H,26,29)/t20-,21-/m1/s1. The summed E-state index contributed by atoms with van der Waals surface area (Å²) in [6, 6.07) is 10.1. The molecular weight excluding hydrogens is 470 g/mol. The molecule has 0 bridgehead atoms. The average Bonchev–Trinajstić information content (AvgIpc) is 2.81. The van der Waals surface area contributed by atoms with Crippen LogP contribution in [-0.4, -0.2) is 37.1 Å². The molecule has 3 rings (SSSR count). The summed E-state index contributed by atoms with van der Waals surface area (Å²) in [4.78, 5) is 24.4. The SMILES string of the molecule is CC[C@H](C(=O)N[C@@H]1CC(CC)(CC)Oc2ccccc21)N(c1cc([N+](=O)[O-])ccc1C)S(C)(=O)=O. The fourth-order valence-corrected chi connectivity index (χ4v) is 5.94. The van der Waals surface area contributed by atoms with E-state index < -0.39 is 32.5 Å². The molecule has 35 heavy (non-hydrogen) atoms. The first-order chi connectivity index (χ1) is 16.5. The van der Waals surface area contributed by atoms with E-state index >= 15 is 0 Å². The molecule has 0 fully saturated rings. The number of nitrogens with zero attached hydrogens (tertiary/aromatic N) is 2. The maximum Gasteiger partial charge on any atom is 0.271 e. The van der Waals surface area contributed by atoms with Crippen LogP contribution in [0.5, 0.6) is 5.75 Å². The average molecular weight is 504 g/mol. The van der Waals surface area contributed by atoms with E-state index in [4.69, 9.17) is 4.74 Å². The van der Waals surface area contributed by atoms with Crippen molar-refractivity contribution in [1.82, 2.24) is 5.32 Å². The summed E-state index contributed by atoms with van der Waals surface area (Å²) in [5.41, 5.74) is 0.780. The summed E-state index contributed by atoms with van der Waals surface area (Å²) in [7, 11) is -3.95. The minimum atomic E-state index is -3.95. The number of hydrogen-bond donors (Lipinski definition) is 1. The van der Waals surface area contributed by atoms with E-state index in [-0.39, 0.29) is 23.8 Å². The molecule has 0 aliphatic carbocycles. The molecule has 0 saturated carbocycles. The largest absolute Gasteiger partial charge is 0.487 e. The van der Waals surface area contributed by atoms with Gasteiger partial charge in [0.2, 0.25) is 15.9 Å². The van der Waals surface area contributed by atoms with Crippen molar-refractivity contribution in [3.05, 3.63) is 63.7 Å². The molecule has 0 aromatic heterocycles. The Morgan fingerprint density at radius 2 is 1.89 bits per heavy atom. The number of benzene rings is 2. The summed E-state index contributed by atoms with van der Waals surface area (Å²) in [5.74, 6) is 0.238. The number of carbonyl (C=O) groups excluding carboxylic acids is 1. The molecule has 0 radical (unpaired) electrons. The molecule has 9 nitrogen and oxygen atoms in total. The number of anilines is 1. The third kappa shape index (κ3) is 5.42. The van der Waals surface area contributed by atoms with Gasteiger partial charge in [-0.25, -0.2) is 8.42 Å². The van der Waals surface area contributed by atoms with Crippen molar-refractivity contribution in [3.8, 4) is 5.75 Å². The highest BCUT2D eigenvalue weighted by atomic mass is 32.2. The van der Waals surface area contributed by atoms with Gasteiger partial charge in [0.25, 0.3) is 5.69 Å². The zero-order chi connectivity index (χ0) is 26.0. The molecule has 0 spiro atoms. The van der Waals surface area contributed by atoms with Crippen LogP contribution < -0.4 is 14.4 Å². The minimum absolute atomic E-state index is 0.118. The van der Waals surface area contributed by atoms with E-state index in [0.717, 1.165) is 29.0 Å². The van der Waals surface area contributed by atoms with Gasteiger partial charge in [0.05, 0.1) is 22.9 Å². The van der Waals surface area contributed by atoms with E-state index in [9.17, 15) is 23.3 Å². The molecule has 10 heteroatoms.